The molecule has 168 valence electrons. The number of hydrogen-bond acceptors (Lipinski definition) is 8. The minimum atomic E-state index is 0.328. The van der Waals surface area contributed by atoms with Crippen LogP contribution in [0.4, 0.5) is 17.5 Å². The summed E-state index contributed by atoms with van der Waals surface area (Å²) in [5, 5.41) is 16.3. The third-order valence-electron chi connectivity index (χ3n) is 6.42. The maximum Gasteiger partial charge on any atom is 0.158 e. The first-order valence-corrected chi connectivity index (χ1v) is 11.2. The monoisotopic (exact) mass is 442 g/mol. The Balaban J connectivity index is 1.30. The molecule has 4 aromatic rings. The van der Waals surface area contributed by atoms with Gasteiger partial charge in [0.15, 0.2) is 11.6 Å². The van der Waals surface area contributed by atoms with Gasteiger partial charge < -0.3 is 15.0 Å². The second kappa shape index (κ2) is 7.48. The van der Waals surface area contributed by atoms with Crippen molar-refractivity contribution >= 4 is 28.5 Å². The number of aryl methyl sites for hydroxylation is 1. The quantitative estimate of drug-likeness (QED) is 0.502. The zero-order valence-corrected chi connectivity index (χ0v) is 19.0. The molecule has 0 bridgehead atoms. The highest BCUT2D eigenvalue weighted by Gasteiger charge is 2.50. The summed E-state index contributed by atoms with van der Waals surface area (Å²) >= 11 is 0. The summed E-state index contributed by atoms with van der Waals surface area (Å²) in [4.78, 5) is 11.8. The normalized spacial score (nSPS) is 16.8. The SMILES string of the molecule is CC(C)c1cnnc(Nc2ccc3ncc(-c4cn(C)nc4N4CC5(COC5)C4)cc3n2)c1. The molecule has 0 aliphatic carbocycles. The first-order valence-electron chi connectivity index (χ1n) is 11.2. The van der Waals surface area contributed by atoms with E-state index in [2.05, 4.69) is 51.5 Å². The van der Waals surface area contributed by atoms with E-state index in [9.17, 15) is 0 Å². The average molecular weight is 443 g/mol. The van der Waals surface area contributed by atoms with Crippen molar-refractivity contribution in [1.82, 2.24) is 29.9 Å². The van der Waals surface area contributed by atoms with Crippen molar-refractivity contribution in [2.45, 2.75) is 19.8 Å². The number of anilines is 3. The minimum absolute atomic E-state index is 0.328. The van der Waals surface area contributed by atoms with Crippen molar-refractivity contribution in [2.75, 3.05) is 36.5 Å². The van der Waals surface area contributed by atoms with Gasteiger partial charge in [-0.25, -0.2) is 4.98 Å². The molecule has 0 unspecified atom stereocenters. The Bertz CT molecular complexity index is 1340. The highest BCUT2D eigenvalue weighted by atomic mass is 16.5. The molecule has 2 aliphatic rings. The van der Waals surface area contributed by atoms with Gasteiger partial charge in [0.25, 0.3) is 0 Å². The number of nitrogens with zero attached hydrogens (tertiary/aromatic N) is 7. The van der Waals surface area contributed by atoms with E-state index in [-0.39, 0.29) is 0 Å². The Kier molecular flexibility index (Phi) is 4.55. The van der Waals surface area contributed by atoms with E-state index in [0.29, 0.717) is 23.0 Å². The molecule has 2 fully saturated rings. The van der Waals surface area contributed by atoms with Crippen molar-refractivity contribution in [1.29, 1.82) is 0 Å². The lowest BCUT2D eigenvalue weighted by Gasteiger charge is -2.55. The number of fused-ring (bicyclic) bond motifs is 1. The Hall–Kier alpha value is -3.59. The van der Waals surface area contributed by atoms with Gasteiger partial charge in [0, 0.05) is 43.7 Å². The van der Waals surface area contributed by atoms with Crippen LogP contribution in [0.1, 0.15) is 25.3 Å². The van der Waals surface area contributed by atoms with Crippen LogP contribution in [-0.4, -0.2) is 56.2 Å². The van der Waals surface area contributed by atoms with Gasteiger partial charge in [0.1, 0.15) is 5.82 Å². The molecular weight excluding hydrogens is 416 g/mol. The van der Waals surface area contributed by atoms with Gasteiger partial charge >= 0.3 is 0 Å². The molecule has 9 nitrogen and oxygen atoms in total. The molecule has 0 saturated carbocycles. The van der Waals surface area contributed by atoms with Gasteiger partial charge in [-0.15, -0.1) is 5.10 Å². The standard InChI is InChI=1S/C24H26N8O/c1-15(2)16-7-22(29-26-9-16)28-21-5-4-19-20(27-21)6-17(8-25-19)18-10-31(3)30-23(18)32-11-24(12-32)13-33-14-24/h4-10,15H,11-14H2,1-3H3,(H,27,28,29). The zero-order chi connectivity index (χ0) is 22.6. The number of aromatic nitrogens is 6. The second-order valence-electron chi connectivity index (χ2n) is 9.50. The maximum absolute atomic E-state index is 5.42. The van der Waals surface area contributed by atoms with E-state index in [1.807, 2.05) is 36.1 Å². The summed E-state index contributed by atoms with van der Waals surface area (Å²) in [6.45, 7) is 7.95. The summed E-state index contributed by atoms with van der Waals surface area (Å²) in [6, 6.07) is 7.96. The molecule has 33 heavy (non-hydrogen) atoms. The van der Waals surface area contributed by atoms with Crippen LogP contribution in [0.5, 0.6) is 0 Å². The maximum atomic E-state index is 5.42. The van der Waals surface area contributed by atoms with Crippen molar-refractivity contribution in [3.05, 3.63) is 48.4 Å². The van der Waals surface area contributed by atoms with Crippen molar-refractivity contribution in [3.8, 4) is 11.1 Å². The van der Waals surface area contributed by atoms with E-state index in [0.717, 1.165) is 59.8 Å². The lowest BCUT2D eigenvalue weighted by molar-refractivity contribution is -0.127. The predicted molar refractivity (Wildman–Crippen MR) is 127 cm³/mol. The first-order chi connectivity index (χ1) is 16.0. The van der Waals surface area contributed by atoms with Crippen LogP contribution in [0.3, 0.4) is 0 Å². The topological polar surface area (TPSA) is 93.9 Å². The minimum Gasteiger partial charge on any atom is -0.380 e. The van der Waals surface area contributed by atoms with Crippen LogP contribution in [0.25, 0.3) is 22.2 Å². The van der Waals surface area contributed by atoms with E-state index < -0.39 is 0 Å². The third-order valence-corrected chi connectivity index (χ3v) is 6.42. The van der Waals surface area contributed by atoms with Gasteiger partial charge in [-0.05, 0) is 35.7 Å². The number of hydrogen-bond donors (Lipinski definition) is 1. The van der Waals surface area contributed by atoms with Crippen LogP contribution in [-0.2, 0) is 11.8 Å². The number of ether oxygens (including phenoxy) is 1. The van der Waals surface area contributed by atoms with E-state index in [1.54, 1.807) is 6.20 Å². The van der Waals surface area contributed by atoms with Gasteiger partial charge in [0.05, 0.1) is 35.9 Å². The summed E-state index contributed by atoms with van der Waals surface area (Å²) in [6.07, 6.45) is 5.75. The fourth-order valence-electron chi connectivity index (χ4n) is 4.51. The third kappa shape index (κ3) is 3.58. The van der Waals surface area contributed by atoms with Crippen molar-refractivity contribution in [3.63, 3.8) is 0 Å². The molecule has 6 rings (SSSR count). The molecule has 2 saturated heterocycles. The highest BCUT2D eigenvalue weighted by Crippen LogP contribution is 2.42. The Labute approximate surface area is 191 Å². The van der Waals surface area contributed by atoms with Crippen LogP contribution in [0, 0.1) is 5.41 Å². The molecular formula is C24H26N8O. The summed E-state index contributed by atoms with van der Waals surface area (Å²) < 4.78 is 7.28. The molecule has 9 heteroatoms. The zero-order valence-electron chi connectivity index (χ0n) is 19.0. The molecule has 0 amide bonds. The molecule has 0 atom stereocenters. The molecule has 0 aromatic carbocycles. The fraction of sp³-hybridized carbons (Fsp3) is 0.375. The first kappa shape index (κ1) is 20.0. The van der Waals surface area contributed by atoms with Gasteiger partial charge in [-0.1, -0.05) is 13.8 Å². The van der Waals surface area contributed by atoms with Crippen LogP contribution < -0.4 is 10.2 Å². The summed E-state index contributed by atoms with van der Waals surface area (Å²) in [5.74, 6) is 2.76. The highest BCUT2D eigenvalue weighted by molar-refractivity contribution is 5.85. The smallest absolute Gasteiger partial charge is 0.158 e. The molecule has 2 aliphatic heterocycles. The van der Waals surface area contributed by atoms with E-state index in [4.69, 9.17) is 14.8 Å². The number of pyridine rings is 2. The fourth-order valence-corrected chi connectivity index (χ4v) is 4.51. The molecule has 0 radical (unpaired) electrons. The second-order valence-corrected chi connectivity index (χ2v) is 9.50. The summed E-state index contributed by atoms with van der Waals surface area (Å²) in [5.41, 5.74) is 5.18. The largest absolute Gasteiger partial charge is 0.380 e. The van der Waals surface area contributed by atoms with Crippen LogP contribution in [0.15, 0.2) is 42.9 Å². The van der Waals surface area contributed by atoms with Gasteiger partial charge in [-0.3, -0.25) is 9.67 Å². The van der Waals surface area contributed by atoms with E-state index in [1.165, 1.54) is 0 Å². The molecule has 1 spiro atoms. The van der Waals surface area contributed by atoms with Gasteiger partial charge in [-0.2, -0.15) is 10.2 Å². The van der Waals surface area contributed by atoms with E-state index >= 15 is 0 Å². The number of nitrogens with one attached hydrogen (secondary N) is 1. The lowest BCUT2D eigenvalue weighted by atomic mass is 9.78. The average Bonchev–Trinajstić information content (AvgIpc) is 3.12. The summed E-state index contributed by atoms with van der Waals surface area (Å²) in [7, 11) is 1.95. The van der Waals surface area contributed by atoms with Crippen LogP contribution in [0.2, 0.25) is 0 Å². The number of rotatable bonds is 5. The van der Waals surface area contributed by atoms with Crippen molar-refractivity contribution in [2.24, 2.45) is 12.5 Å². The van der Waals surface area contributed by atoms with Crippen LogP contribution >= 0.6 is 0 Å². The Morgan fingerprint density at radius 2 is 1.91 bits per heavy atom. The Morgan fingerprint density at radius 1 is 1.06 bits per heavy atom. The lowest BCUT2D eigenvalue weighted by Crippen LogP contribution is -2.66. The van der Waals surface area contributed by atoms with Crippen molar-refractivity contribution < 1.29 is 4.74 Å². The Morgan fingerprint density at radius 3 is 2.67 bits per heavy atom. The molecule has 6 heterocycles. The molecule has 1 N–H and O–H groups in total. The molecule has 4 aromatic heterocycles. The van der Waals surface area contributed by atoms with Gasteiger partial charge in [0.2, 0.25) is 0 Å². The predicted octanol–water partition coefficient (Wildman–Crippen LogP) is 3.52.